The van der Waals surface area contributed by atoms with E-state index in [1.165, 1.54) is 16.7 Å². The largest absolute Gasteiger partial charge is 0.497 e. The van der Waals surface area contributed by atoms with Gasteiger partial charge in [0.1, 0.15) is 5.75 Å². The van der Waals surface area contributed by atoms with E-state index in [4.69, 9.17) is 9.47 Å². The maximum Gasteiger partial charge on any atom is 0.310 e. The number of esters is 1. The quantitative estimate of drug-likeness (QED) is 0.693. The summed E-state index contributed by atoms with van der Waals surface area (Å²) in [5, 5.41) is 0. The van der Waals surface area contributed by atoms with Crippen LogP contribution < -0.4 is 4.74 Å². The molecule has 0 N–H and O–H groups in total. The summed E-state index contributed by atoms with van der Waals surface area (Å²) in [5.41, 5.74) is 4.25. The third-order valence-corrected chi connectivity index (χ3v) is 7.90. The molecule has 2 aliphatic heterocycles. The second kappa shape index (κ2) is 7.42. The van der Waals surface area contributed by atoms with E-state index < -0.39 is 0 Å². The third kappa shape index (κ3) is 2.96. The van der Waals surface area contributed by atoms with Crippen molar-refractivity contribution in [1.82, 2.24) is 4.90 Å². The first-order valence-electron chi connectivity index (χ1n) is 11.2. The maximum atomic E-state index is 12.9. The first kappa shape index (κ1) is 19.6. The summed E-state index contributed by atoms with van der Waals surface area (Å²) in [6.45, 7) is 5.66. The predicted molar refractivity (Wildman–Crippen MR) is 116 cm³/mol. The summed E-state index contributed by atoms with van der Waals surface area (Å²) in [7, 11) is 1.74. The first-order valence-corrected chi connectivity index (χ1v) is 11.2. The standard InChI is InChI=1S/C26H31NO3/c1-4-30-25(28)20-14-22-23-12-18-10-11-19(29-3)13-21(18)26(22,2)15-24(20)27(23)16-17-8-6-5-7-9-17/h5-11,13,20,22-24H,4,12,14-16H2,1-3H3/t20?,22?,23?,24?,26-/m1/s1. The lowest BCUT2D eigenvalue weighted by Gasteiger charge is -2.64. The molecule has 2 aromatic rings. The molecule has 0 radical (unpaired) electrons. The Morgan fingerprint density at radius 1 is 1.17 bits per heavy atom. The number of nitrogens with zero attached hydrogens (tertiary/aromatic N) is 1. The number of methoxy groups -OCH3 is 1. The highest BCUT2D eigenvalue weighted by molar-refractivity contribution is 5.74. The van der Waals surface area contributed by atoms with E-state index in [1.807, 2.05) is 6.92 Å². The van der Waals surface area contributed by atoms with Gasteiger partial charge in [-0.2, -0.15) is 0 Å². The summed E-state index contributed by atoms with van der Waals surface area (Å²) in [6.07, 6.45) is 2.95. The van der Waals surface area contributed by atoms with Crippen LogP contribution in [-0.4, -0.2) is 36.7 Å². The van der Waals surface area contributed by atoms with Gasteiger partial charge >= 0.3 is 5.97 Å². The Morgan fingerprint density at radius 3 is 2.70 bits per heavy atom. The number of hydrogen-bond donors (Lipinski definition) is 0. The number of benzene rings is 2. The summed E-state index contributed by atoms with van der Waals surface area (Å²) in [4.78, 5) is 15.5. The molecule has 4 nitrogen and oxygen atoms in total. The van der Waals surface area contributed by atoms with Gasteiger partial charge in [0.05, 0.1) is 19.6 Å². The van der Waals surface area contributed by atoms with Crippen LogP contribution in [0, 0.1) is 11.8 Å². The molecule has 3 fully saturated rings. The zero-order valence-corrected chi connectivity index (χ0v) is 18.1. The van der Waals surface area contributed by atoms with Crippen LogP contribution in [0.5, 0.6) is 5.75 Å². The number of carbonyl (C=O) groups is 1. The lowest BCUT2D eigenvalue weighted by atomic mass is 9.49. The molecule has 4 unspecified atom stereocenters. The molecule has 2 aromatic carbocycles. The van der Waals surface area contributed by atoms with Gasteiger partial charge in [0, 0.05) is 18.6 Å². The molecule has 0 spiro atoms. The molecule has 30 heavy (non-hydrogen) atoms. The summed E-state index contributed by atoms with van der Waals surface area (Å²) in [5.74, 6) is 1.32. The second-order valence-corrected chi connectivity index (χ2v) is 9.34. The van der Waals surface area contributed by atoms with Crippen LogP contribution in [-0.2, 0) is 27.9 Å². The van der Waals surface area contributed by atoms with Gasteiger partial charge in [-0.3, -0.25) is 9.69 Å². The van der Waals surface area contributed by atoms with Crippen molar-refractivity contribution in [3.05, 3.63) is 65.2 Å². The molecular weight excluding hydrogens is 374 g/mol. The molecular formula is C26H31NO3. The molecule has 6 rings (SSSR count). The molecule has 2 aliphatic carbocycles. The number of fused-ring (bicyclic) bond motifs is 2. The number of hydrogen-bond acceptors (Lipinski definition) is 4. The van der Waals surface area contributed by atoms with E-state index in [0.29, 0.717) is 18.6 Å². The van der Waals surface area contributed by atoms with Gasteiger partial charge in [0.25, 0.3) is 0 Å². The van der Waals surface area contributed by atoms with Crippen LogP contribution in [0.2, 0.25) is 0 Å². The number of piperidine rings is 2. The van der Waals surface area contributed by atoms with Crippen LogP contribution in [0.1, 0.15) is 43.4 Å². The molecule has 0 aromatic heterocycles. The van der Waals surface area contributed by atoms with Gasteiger partial charge in [0.15, 0.2) is 0 Å². The van der Waals surface area contributed by atoms with Gasteiger partial charge in [-0.1, -0.05) is 43.3 Å². The van der Waals surface area contributed by atoms with Crippen molar-refractivity contribution >= 4 is 5.97 Å². The Bertz CT molecular complexity index is 943. The van der Waals surface area contributed by atoms with Crippen molar-refractivity contribution in [3.8, 4) is 5.75 Å². The van der Waals surface area contributed by atoms with E-state index in [-0.39, 0.29) is 23.3 Å². The highest BCUT2D eigenvalue weighted by Gasteiger charge is 2.61. The van der Waals surface area contributed by atoms with Crippen LogP contribution in [0.15, 0.2) is 48.5 Å². The Kier molecular flexibility index (Phi) is 4.85. The van der Waals surface area contributed by atoms with Gasteiger partial charge in [0.2, 0.25) is 0 Å². The van der Waals surface area contributed by atoms with Crippen LogP contribution in [0.4, 0.5) is 0 Å². The number of carbonyl (C=O) groups excluding carboxylic acids is 1. The van der Waals surface area contributed by atoms with Crippen molar-refractivity contribution in [3.63, 3.8) is 0 Å². The SMILES string of the molecule is CCOC(=O)C1CC2C3Cc4ccc(OC)cc4[C@@]2(C)CC1N3Cc1ccccc1. The monoisotopic (exact) mass is 405 g/mol. The minimum Gasteiger partial charge on any atom is -0.497 e. The van der Waals surface area contributed by atoms with Gasteiger partial charge in [-0.15, -0.1) is 0 Å². The van der Waals surface area contributed by atoms with E-state index in [1.54, 1.807) is 7.11 Å². The smallest absolute Gasteiger partial charge is 0.310 e. The lowest BCUT2D eigenvalue weighted by Crippen LogP contribution is -2.69. The van der Waals surface area contributed by atoms with Crippen LogP contribution >= 0.6 is 0 Å². The summed E-state index contributed by atoms with van der Waals surface area (Å²) >= 11 is 0. The minimum absolute atomic E-state index is 0.0162. The van der Waals surface area contributed by atoms with E-state index in [9.17, 15) is 4.79 Å². The fourth-order valence-electron chi connectivity index (χ4n) is 6.54. The zero-order chi connectivity index (χ0) is 20.9. The van der Waals surface area contributed by atoms with Crippen molar-refractivity contribution in [2.75, 3.05) is 13.7 Å². The number of rotatable bonds is 5. The Morgan fingerprint density at radius 2 is 1.97 bits per heavy atom. The second-order valence-electron chi connectivity index (χ2n) is 9.34. The number of ether oxygens (including phenoxy) is 2. The average Bonchev–Trinajstić information content (AvgIpc) is 2.76. The molecule has 4 heteroatoms. The molecule has 158 valence electrons. The molecule has 4 bridgehead atoms. The Labute approximate surface area is 179 Å². The lowest BCUT2D eigenvalue weighted by molar-refractivity contribution is -0.167. The zero-order valence-electron chi connectivity index (χ0n) is 18.1. The van der Waals surface area contributed by atoms with Gasteiger partial charge in [-0.05, 0) is 66.3 Å². The van der Waals surface area contributed by atoms with E-state index >= 15 is 0 Å². The highest BCUT2D eigenvalue weighted by atomic mass is 16.5. The van der Waals surface area contributed by atoms with Crippen molar-refractivity contribution < 1.29 is 14.3 Å². The maximum absolute atomic E-state index is 12.9. The molecule has 4 aliphatic rings. The molecule has 2 heterocycles. The van der Waals surface area contributed by atoms with Crippen LogP contribution in [0.25, 0.3) is 0 Å². The molecule has 2 saturated heterocycles. The van der Waals surface area contributed by atoms with Crippen molar-refractivity contribution in [1.29, 1.82) is 0 Å². The Hall–Kier alpha value is -2.33. The average molecular weight is 406 g/mol. The van der Waals surface area contributed by atoms with Gasteiger partial charge in [-0.25, -0.2) is 0 Å². The molecule has 1 saturated carbocycles. The van der Waals surface area contributed by atoms with Crippen molar-refractivity contribution in [2.45, 2.75) is 57.2 Å². The Balaban J connectivity index is 1.56. The fraction of sp³-hybridized carbons (Fsp3) is 0.500. The molecule has 0 amide bonds. The van der Waals surface area contributed by atoms with Crippen molar-refractivity contribution in [2.24, 2.45) is 11.8 Å². The minimum atomic E-state index is -0.0323. The van der Waals surface area contributed by atoms with Crippen LogP contribution in [0.3, 0.4) is 0 Å². The third-order valence-electron chi connectivity index (χ3n) is 7.90. The summed E-state index contributed by atoms with van der Waals surface area (Å²) < 4.78 is 11.1. The fourth-order valence-corrected chi connectivity index (χ4v) is 6.54. The molecule has 5 atom stereocenters. The van der Waals surface area contributed by atoms with Gasteiger partial charge < -0.3 is 9.47 Å². The predicted octanol–water partition coefficient (Wildman–Crippen LogP) is 4.35. The normalized spacial score (nSPS) is 31.8. The first-order chi connectivity index (χ1) is 14.5. The summed E-state index contributed by atoms with van der Waals surface area (Å²) in [6, 6.07) is 17.9. The van der Waals surface area contributed by atoms with E-state index in [2.05, 4.69) is 60.4 Å². The van der Waals surface area contributed by atoms with E-state index in [0.717, 1.165) is 31.6 Å². The topological polar surface area (TPSA) is 38.8 Å². The highest BCUT2D eigenvalue weighted by Crippen LogP contribution is 2.59.